The molecule has 0 heterocycles. The lowest BCUT2D eigenvalue weighted by Crippen LogP contribution is -2.28. The monoisotopic (exact) mass is 333 g/mol. The van der Waals surface area contributed by atoms with Crippen molar-refractivity contribution in [3.05, 3.63) is 65.5 Å². The fourth-order valence-corrected chi connectivity index (χ4v) is 3.06. The first-order chi connectivity index (χ1) is 11.1. The number of hydrogen-bond acceptors (Lipinski definition) is 3. The molecular weight excluding hydrogens is 313 g/mol. The van der Waals surface area contributed by atoms with Crippen LogP contribution in [-0.2, 0) is 10.5 Å². The normalized spacial score (nSPS) is 11.8. The molecule has 0 saturated carbocycles. The highest BCUT2D eigenvalue weighted by Gasteiger charge is 2.13. The highest BCUT2D eigenvalue weighted by molar-refractivity contribution is 7.99. The van der Waals surface area contributed by atoms with Crippen LogP contribution in [0.25, 0.3) is 0 Å². The fraction of sp³-hybridized carbons (Fsp3) is 0.278. The third kappa shape index (κ3) is 5.28. The van der Waals surface area contributed by atoms with Gasteiger partial charge in [0.05, 0.1) is 18.9 Å². The van der Waals surface area contributed by atoms with Crippen molar-refractivity contribution >= 4 is 17.7 Å². The van der Waals surface area contributed by atoms with Crippen molar-refractivity contribution in [1.82, 2.24) is 5.32 Å². The molecule has 0 radical (unpaired) electrons. The number of carbonyl (C=O) groups is 1. The van der Waals surface area contributed by atoms with Crippen LogP contribution in [0.4, 0.5) is 4.39 Å². The second kappa shape index (κ2) is 8.58. The third-order valence-corrected chi connectivity index (χ3v) is 4.38. The van der Waals surface area contributed by atoms with E-state index in [2.05, 4.69) is 5.32 Å². The molecule has 1 atom stereocenters. The van der Waals surface area contributed by atoms with E-state index in [-0.39, 0.29) is 17.8 Å². The number of halogens is 1. The molecule has 2 aromatic carbocycles. The van der Waals surface area contributed by atoms with Gasteiger partial charge in [-0.05, 0) is 30.7 Å². The van der Waals surface area contributed by atoms with Crippen LogP contribution in [0.3, 0.4) is 0 Å². The van der Waals surface area contributed by atoms with E-state index in [1.54, 1.807) is 13.2 Å². The van der Waals surface area contributed by atoms with Gasteiger partial charge in [0.15, 0.2) is 0 Å². The highest BCUT2D eigenvalue weighted by atomic mass is 32.2. The number of amides is 1. The molecule has 122 valence electrons. The average Bonchev–Trinajstić information content (AvgIpc) is 2.54. The standard InChI is InChI=1S/C18H20FNO2S/c1-13(16-8-3-4-9-17(16)22-2)20-18(21)12-23-11-14-6-5-7-15(19)10-14/h3-10,13H,11-12H2,1-2H3,(H,20,21)/t13-/m0/s1. The SMILES string of the molecule is COc1ccccc1[C@H](C)NC(=O)CSCc1cccc(F)c1. The van der Waals surface area contributed by atoms with Crippen molar-refractivity contribution in [2.75, 3.05) is 12.9 Å². The Morgan fingerprint density at radius 3 is 2.78 bits per heavy atom. The Labute approximate surface area is 140 Å². The van der Waals surface area contributed by atoms with Crippen LogP contribution in [0.1, 0.15) is 24.1 Å². The summed E-state index contributed by atoms with van der Waals surface area (Å²) in [4.78, 5) is 12.0. The first kappa shape index (κ1) is 17.3. The minimum absolute atomic E-state index is 0.0511. The van der Waals surface area contributed by atoms with Gasteiger partial charge in [0.25, 0.3) is 0 Å². The lowest BCUT2D eigenvalue weighted by molar-refractivity contribution is -0.119. The maximum absolute atomic E-state index is 13.1. The molecular formula is C18H20FNO2S. The van der Waals surface area contributed by atoms with E-state index in [4.69, 9.17) is 4.74 Å². The summed E-state index contributed by atoms with van der Waals surface area (Å²) in [5.41, 5.74) is 1.82. The topological polar surface area (TPSA) is 38.3 Å². The Bertz CT molecular complexity index is 663. The number of hydrogen-bond donors (Lipinski definition) is 1. The molecule has 0 unspecified atom stereocenters. The van der Waals surface area contributed by atoms with Crippen LogP contribution in [0, 0.1) is 5.82 Å². The molecule has 3 nitrogen and oxygen atoms in total. The van der Waals surface area contributed by atoms with Gasteiger partial charge in [-0.15, -0.1) is 11.8 Å². The van der Waals surface area contributed by atoms with Gasteiger partial charge in [-0.3, -0.25) is 4.79 Å². The van der Waals surface area contributed by atoms with Crippen molar-refractivity contribution in [2.24, 2.45) is 0 Å². The third-order valence-electron chi connectivity index (χ3n) is 3.37. The van der Waals surface area contributed by atoms with E-state index < -0.39 is 0 Å². The maximum Gasteiger partial charge on any atom is 0.230 e. The smallest absolute Gasteiger partial charge is 0.230 e. The van der Waals surface area contributed by atoms with E-state index in [0.717, 1.165) is 16.9 Å². The number of methoxy groups -OCH3 is 1. The molecule has 2 aromatic rings. The first-order valence-corrected chi connectivity index (χ1v) is 8.50. The number of thioether (sulfide) groups is 1. The molecule has 23 heavy (non-hydrogen) atoms. The minimum Gasteiger partial charge on any atom is -0.496 e. The predicted molar refractivity (Wildman–Crippen MR) is 92.1 cm³/mol. The maximum atomic E-state index is 13.1. The fourth-order valence-electron chi connectivity index (χ4n) is 2.27. The second-order valence-electron chi connectivity index (χ2n) is 5.15. The van der Waals surface area contributed by atoms with Gasteiger partial charge in [0, 0.05) is 11.3 Å². The van der Waals surface area contributed by atoms with E-state index in [9.17, 15) is 9.18 Å². The summed E-state index contributed by atoms with van der Waals surface area (Å²) in [6.07, 6.45) is 0. The summed E-state index contributed by atoms with van der Waals surface area (Å²) in [5, 5.41) is 2.95. The van der Waals surface area contributed by atoms with Crippen LogP contribution in [0.15, 0.2) is 48.5 Å². The molecule has 0 bridgehead atoms. The van der Waals surface area contributed by atoms with E-state index >= 15 is 0 Å². The van der Waals surface area contributed by atoms with E-state index in [1.807, 2.05) is 37.3 Å². The van der Waals surface area contributed by atoms with Crippen LogP contribution < -0.4 is 10.1 Å². The zero-order valence-electron chi connectivity index (χ0n) is 13.2. The highest BCUT2D eigenvalue weighted by Crippen LogP contribution is 2.24. The van der Waals surface area contributed by atoms with Crippen molar-refractivity contribution in [3.63, 3.8) is 0 Å². The van der Waals surface area contributed by atoms with Crippen molar-refractivity contribution in [1.29, 1.82) is 0 Å². The predicted octanol–water partition coefficient (Wildman–Crippen LogP) is 3.94. The largest absolute Gasteiger partial charge is 0.496 e. The molecule has 0 aliphatic rings. The molecule has 1 amide bonds. The van der Waals surface area contributed by atoms with Gasteiger partial charge in [-0.25, -0.2) is 4.39 Å². The number of carbonyl (C=O) groups excluding carboxylic acids is 1. The Kier molecular flexibility index (Phi) is 6.47. The van der Waals surface area contributed by atoms with Crippen LogP contribution in [0.5, 0.6) is 5.75 Å². The van der Waals surface area contributed by atoms with E-state index in [0.29, 0.717) is 11.5 Å². The molecule has 1 N–H and O–H groups in total. The number of benzene rings is 2. The molecule has 2 rings (SSSR count). The van der Waals surface area contributed by atoms with Gasteiger partial charge < -0.3 is 10.1 Å². The molecule has 0 spiro atoms. The lowest BCUT2D eigenvalue weighted by atomic mass is 10.1. The zero-order chi connectivity index (χ0) is 16.7. The van der Waals surface area contributed by atoms with Gasteiger partial charge in [0.2, 0.25) is 5.91 Å². The van der Waals surface area contributed by atoms with Gasteiger partial charge in [-0.2, -0.15) is 0 Å². The summed E-state index contributed by atoms with van der Waals surface area (Å²) in [7, 11) is 1.61. The number of para-hydroxylation sites is 1. The average molecular weight is 333 g/mol. The number of nitrogens with one attached hydrogen (secondary N) is 1. The molecule has 0 aromatic heterocycles. The summed E-state index contributed by atoms with van der Waals surface area (Å²) in [6, 6.07) is 13.9. The van der Waals surface area contributed by atoms with Crippen LogP contribution in [0.2, 0.25) is 0 Å². The minimum atomic E-state index is -0.252. The zero-order valence-corrected chi connectivity index (χ0v) is 14.0. The van der Waals surface area contributed by atoms with Gasteiger partial charge in [0.1, 0.15) is 11.6 Å². The quantitative estimate of drug-likeness (QED) is 0.834. The van der Waals surface area contributed by atoms with Crippen molar-refractivity contribution < 1.29 is 13.9 Å². The summed E-state index contributed by atoms with van der Waals surface area (Å²) in [5.74, 6) is 1.39. The Morgan fingerprint density at radius 1 is 1.26 bits per heavy atom. The Morgan fingerprint density at radius 2 is 2.04 bits per heavy atom. The molecule has 0 fully saturated rings. The van der Waals surface area contributed by atoms with Gasteiger partial charge >= 0.3 is 0 Å². The van der Waals surface area contributed by atoms with Crippen molar-refractivity contribution in [3.8, 4) is 5.75 Å². The summed E-state index contributed by atoms with van der Waals surface area (Å²) in [6.45, 7) is 1.92. The molecule has 0 aliphatic heterocycles. The Hall–Kier alpha value is -2.01. The summed E-state index contributed by atoms with van der Waals surface area (Å²) >= 11 is 1.46. The second-order valence-corrected chi connectivity index (χ2v) is 6.14. The first-order valence-electron chi connectivity index (χ1n) is 7.34. The molecule has 0 saturated heterocycles. The van der Waals surface area contributed by atoms with Crippen molar-refractivity contribution in [2.45, 2.75) is 18.7 Å². The molecule has 5 heteroatoms. The Balaban J connectivity index is 1.82. The van der Waals surface area contributed by atoms with Crippen LogP contribution >= 0.6 is 11.8 Å². The van der Waals surface area contributed by atoms with Crippen LogP contribution in [-0.4, -0.2) is 18.8 Å². The van der Waals surface area contributed by atoms with Gasteiger partial charge in [-0.1, -0.05) is 30.3 Å². The lowest BCUT2D eigenvalue weighted by Gasteiger charge is -2.17. The number of ether oxygens (including phenoxy) is 1. The molecule has 0 aliphatic carbocycles. The number of rotatable bonds is 7. The van der Waals surface area contributed by atoms with E-state index in [1.165, 1.54) is 23.9 Å². The summed E-state index contributed by atoms with van der Waals surface area (Å²) < 4.78 is 18.4.